The molecule has 17 heavy (non-hydrogen) atoms. The summed E-state index contributed by atoms with van der Waals surface area (Å²) in [4.78, 5) is 2.53. The average molecular weight is 240 g/mol. The minimum atomic E-state index is 0.708. The summed E-state index contributed by atoms with van der Waals surface area (Å²) in [6.07, 6.45) is 8.47. The van der Waals surface area contributed by atoms with E-state index in [-0.39, 0.29) is 0 Å². The quantitative estimate of drug-likeness (QED) is 0.735. The Hall–Kier alpha value is -0.0800. The van der Waals surface area contributed by atoms with Gasteiger partial charge in [0.2, 0.25) is 0 Å². The van der Waals surface area contributed by atoms with Gasteiger partial charge in [0, 0.05) is 18.6 Å². The van der Waals surface area contributed by atoms with Gasteiger partial charge in [-0.15, -0.1) is 0 Å². The van der Waals surface area contributed by atoms with Crippen molar-refractivity contribution in [2.45, 2.75) is 71.4 Å². The van der Waals surface area contributed by atoms with Crippen LogP contribution in [0.15, 0.2) is 0 Å². The van der Waals surface area contributed by atoms with Crippen LogP contribution in [0, 0.1) is 5.92 Å². The molecule has 0 bridgehead atoms. The van der Waals surface area contributed by atoms with Gasteiger partial charge in [-0.2, -0.15) is 0 Å². The SMILES string of the molecule is CCNC(CN(C)C(C)CC)C1CCCCC1. The third-order valence-corrected chi connectivity index (χ3v) is 4.51. The molecule has 1 saturated carbocycles. The summed E-state index contributed by atoms with van der Waals surface area (Å²) in [5.74, 6) is 0.912. The van der Waals surface area contributed by atoms with Gasteiger partial charge >= 0.3 is 0 Å². The zero-order valence-corrected chi connectivity index (χ0v) is 12.3. The second kappa shape index (κ2) is 8.10. The summed E-state index contributed by atoms with van der Waals surface area (Å²) in [5.41, 5.74) is 0. The maximum Gasteiger partial charge on any atom is 0.0223 e. The first kappa shape index (κ1) is 15.0. The molecule has 1 fully saturated rings. The van der Waals surface area contributed by atoms with Crippen LogP contribution in [-0.4, -0.2) is 37.1 Å². The van der Waals surface area contributed by atoms with Crippen LogP contribution in [-0.2, 0) is 0 Å². The number of rotatable bonds is 7. The van der Waals surface area contributed by atoms with E-state index in [1.54, 1.807) is 0 Å². The first-order valence-corrected chi connectivity index (χ1v) is 7.62. The van der Waals surface area contributed by atoms with Crippen molar-refractivity contribution in [2.24, 2.45) is 5.92 Å². The number of likely N-dealkylation sites (N-methyl/N-ethyl adjacent to an activating group) is 2. The van der Waals surface area contributed by atoms with E-state index >= 15 is 0 Å². The maximum absolute atomic E-state index is 3.72. The topological polar surface area (TPSA) is 15.3 Å². The molecular weight excluding hydrogens is 208 g/mol. The van der Waals surface area contributed by atoms with Crippen LogP contribution in [0.25, 0.3) is 0 Å². The van der Waals surface area contributed by atoms with Crippen LogP contribution in [0.2, 0.25) is 0 Å². The van der Waals surface area contributed by atoms with Gasteiger partial charge in [0.25, 0.3) is 0 Å². The Balaban J connectivity index is 2.46. The van der Waals surface area contributed by atoms with Crippen molar-refractivity contribution >= 4 is 0 Å². The Kier molecular flexibility index (Phi) is 7.14. The Labute approximate surface area is 108 Å². The Morgan fingerprint density at radius 1 is 1.18 bits per heavy atom. The second-order valence-corrected chi connectivity index (χ2v) is 5.76. The van der Waals surface area contributed by atoms with Crippen molar-refractivity contribution in [3.8, 4) is 0 Å². The predicted molar refractivity (Wildman–Crippen MR) is 76.4 cm³/mol. The van der Waals surface area contributed by atoms with Crippen LogP contribution in [0.5, 0.6) is 0 Å². The summed E-state index contributed by atoms with van der Waals surface area (Å²) in [7, 11) is 2.28. The van der Waals surface area contributed by atoms with E-state index < -0.39 is 0 Å². The fourth-order valence-electron chi connectivity index (χ4n) is 2.98. The van der Waals surface area contributed by atoms with Crippen LogP contribution in [0.1, 0.15) is 59.3 Å². The van der Waals surface area contributed by atoms with Crippen molar-refractivity contribution in [1.82, 2.24) is 10.2 Å². The van der Waals surface area contributed by atoms with E-state index in [4.69, 9.17) is 0 Å². The van der Waals surface area contributed by atoms with Crippen LogP contribution in [0.4, 0.5) is 0 Å². The van der Waals surface area contributed by atoms with Crippen molar-refractivity contribution in [3.63, 3.8) is 0 Å². The van der Waals surface area contributed by atoms with Crippen molar-refractivity contribution in [2.75, 3.05) is 20.1 Å². The zero-order chi connectivity index (χ0) is 12.7. The minimum Gasteiger partial charge on any atom is -0.313 e. The van der Waals surface area contributed by atoms with Gasteiger partial charge in [-0.05, 0) is 45.7 Å². The lowest BCUT2D eigenvalue weighted by molar-refractivity contribution is 0.174. The van der Waals surface area contributed by atoms with E-state index in [9.17, 15) is 0 Å². The molecule has 0 saturated heterocycles. The maximum atomic E-state index is 3.72. The van der Waals surface area contributed by atoms with E-state index in [0.29, 0.717) is 12.1 Å². The number of hydrogen-bond donors (Lipinski definition) is 1. The van der Waals surface area contributed by atoms with Gasteiger partial charge in [-0.25, -0.2) is 0 Å². The lowest BCUT2D eigenvalue weighted by Crippen LogP contribution is -2.47. The third-order valence-electron chi connectivity index (χ3n) is 4.51. The van der Waals surface area contributed by atoms with Gasteiger partial charge in [0.1, 0.15) is 0 Å². The molecule has 0 radical (unpaired) electrons. The molecule has 2 atom stereocenters. The molecule has 2 nitrogen and oxygen atoms in total. The van der Waals surface area contributed by atoms with Crippen LogP contribution in [0.3, 0.4) is 0 Å². The van der Waals surface area contributed by atoms with E-state index in [2.05, 4.69) is 38.0 Å². The van der Waals surface area contributed by atoms with E-state index in [0.717, 1.165) is 12.5 Å². The lowest BCUT2D eigenvalue weighted by Gasteiger charge is -2.35. The number of hydrogen-bond acceptors (Lipinski definition) is 2. The molecule has 0 amide bonds. The highest BCUT2D eigenvalue weighted by molar-refractivity contribution is 4.82. The second-order valence-electron chi connectivity index (χ2n) is 5.76. The highest BCUT2D eigenvalue weighted by Gasteiger charge is 2.24. The largest absolute Gasteiger partial charge is 0.313 e. The molecule has 1 aliphatic rings. The molecule has 0 aromatic rings. The summed E-state index contributed by atoms with van der Waals surface area (Å²) in [6.45, 7) is 9.18. The van der Waals surface area contributed by atoms with Crippen molar-refractivity contribution in [1.29, 1.82) is 0 Å². The molecule has 0 spiro atoms. The van der Waals surface area contributed by atoms with E-state index in [1.165, 1.54) is 45.1 Å². The predicted octanol–water partition coefficient (Wildman–Crippen LogP) is 3.28. The van der Waals surface area contributed by atoms with Gasteiger partial charge in [-0.3, -0.25) is 0 Å². The standard InChI is InChI=1S/C15H32N2/c1-5-13(3)17(4)12-15(16-6-2)14-10-8-7-9-11-14/h13-16H,5-12H2,1-4H3. The lowest BCUT2D eigenvalue weighted by atomic mass is 9.83. The summed E-state index contributed by atoms with van der Waals surface area (Å²) in [6, 6.07) is 1.42. The van der Waals surface area contributed by atoms with Crippen LogP contribution >= 0.6 is 0 Å². The Morgan fingerprint density at radius 2 is 1.82 bits per heavy atom. The third kappa shape index (κ3) is 4.97. The normalized spacial score (nSPS) is 21.7. The molecule has 0 aromatic carbocycles. The highest BCUT2D eigenvalue weighted by Crippen LogP contribution is 2.27. The summed E-state index contributed by atoms with van der Waals surface area (Å²) in [5, 5.41) is 3.72. The molecule has 0 aliphatic heterocycles. The number of nitrogens with zero attached hydrogens (tertiary/aromatic N) is 1. The van der Waals surface area contributed by atoms with Crippen molar-refractivity contribution in [3.05, 3.63) is 0 Å². The Morgan fingerprint density at radius 3 is 2.35 bits per heavy atom. The van der Waals surface area contributed by atoms with E-state index in [1.807, 2.05) is 0 Å². The smallest absolute Gasteiger partial charge is 0.0223 e. The summed E-state index contributed by atoms with van der Waals surface area (Å²) >= 11 is 0. The van der Waals surface area contributed by atoms with Gasteiger partial charge in [0.15, 0.2) is 0 Å². The molecular formula is C15H32N2. The number of nitrogens with one attached hydrogen (secondary N) is 1. The van der Waals surface area contributed by atoms with Gasteiger partial charge < -0.3 is 10.2 Å². The zero-order valence-electron chi connectivity index (χ0n) is 12.3. The molecule has 1 N–H and O–H groups in total. The molecule has 0 heterocycles. The van der Waals surface area contributed by atoms with Crippen LogP contribution < -0.4 is 5.32 Å². The first-order valence-electron chi connectivity index (χ1n) is 7.62. The fourth-order valence-corrected chi connectivity index (χ4v) is 2.98. The molecule has 2 unspecified atom stereocenters. The molecule has 1 aliphatic carbocycles. The minimum absolute atomic E-state index is 0.708. The summed E-state index contributed by atoms with van der Waals surface area (Å²) < 4.78 is 0. The first-order chi connectivity index (χ1) is 8.19. The highest BCUT2D eigenvalue weighted by atomic mass is 15.1. The van der Waals surface area contributed by atoms with Gasteiger partial charge in [0.05, 0.1) is 0 Å². The fraction of sp³-hybridized carbons (Fsp3) is 1.00. The average Bonchev–Trinajstić information content (AvgIpc) is 2.38. The van der Waals surface area contributed by atoms with Gasteiger partial charge in [-0.1, -0.05) is 33.1 Å². The molecule has 2 heteroatoms. The Bertz CT molecular complexity index is 187. The van der Waals surface area contributed by atoms with Crippen molar-refractivity contribution < 1.29 is 0 Å². The molecule has 1 rings (SSSR count). The molecule has 0 aromatic heterocycles. The molecule has 102 valence electrons. The monoisotopic (exact) mass is 240 g/mol.